The molecule has 0 radical (unpaired) electrons. The van der Waals surface area contributed by atoms with Gasteiger partial charge < -0.3 is 4.90 Å². The Labute approximate surface area is 78.2 Å². The number of likely N-dealkylation sites (tertiary alicyclic amines) is 1. The van der Waals surface area contributed by atoms with Crippen molar-refractivity contribution in [2.45, 2.75) is 0 Å². The molecule has 2 heteroatoms. The SMILES string of the molecule is C=C1C(=O)N(C)CC12C=C[CH-]C=C2. The molecular weight excluding hydrogens is 162 g/mol. The van der Waals surface area contributed by atoms with E-state index in [2.05, 4.69) is 6.58 Å². The number of hydrogen-bond acceptors (Lipinski definition) is 1. The predicted octanol–water partition coefficient (Wildman–Crippen LogP) is 1.33. The van der Waals surface area contributed by atoms with Crippen molar-refractivity contribution >= 4 is 5.91 Å². The van der Waals surface area contributed by atoms with E-state index in [-0.39, 0.29) is 11.3 Å². The lowest BCUT2D eigenvalue weighted by molar-refractivity contribution is -0.123. The summed E-state index contributed by atoms with van der Waals surface area (Å²) in [5, 5.41) is 0. The second kappa shape index (κ2) is 2.52. The summed E-state index contributed by atoms with van der Waals surface area (Å²) in [7, 11) is 1.81. The molecule has 0 atom stereocenters. The van der Waals surface area contributed by atoms with Crippen LogP contribution < -0.4 is 0 Å². The van der Waals surface area contributed by atoms with Crippen molar-refractivity contribution < 1.29 is 4.79 Å². The lowest BCUT2D eigenvalue weighted by atomic mass is 9.80. The van der Waals surface area contributed by atoms with Crippen LogP contribution in [0, 0.1) is 11.8 Å². The summed E-state index contributed by atoms with van der Waals surface area (Å²) < 4.78 is 0. The molecule has 2 aliphatic rings. The molecular formula is C11H12NO-. The van der Waals surface area contributed by atoms with Gasteiger partial charge in [0, 0.05) is 19.2 Å². The average Bonchev–Trinajstić information content (AvgIpc) is 2.33. The van der Waals surface area contributed by atoms with E-state index in [1.807, 2.05) is 37.8 Å². The van der Waals surface area contributed by atoms with Crippen molar-refractivity contribution in [1.82, 2.24) is 4.90 Å². The molecule has 2 rings (SSSR count). The molecule has 1 amide bonds. The molecule has 13 heavy (non-hydrogen) atoms. The molecule has 68 valence electrons. The van der Waals surface area contributed by atoms with Crippen LogP contribution in [0.3, 0.4) is 0 Å². The van der Waals surface area contributed by atoms with E-state index in [1.54, 1.807) is 4.90 Å². The van der Waals surface area contributed by atoms with E-state index in [0.29, 0.717) is 12.1 Å². The van der Waals surface area contributed by atoms with E-state index in [0.717, 1.165) is 0 Å². The third-order valence-electron chi connectivity index (χ3n) is 2.67. The largest absolute Gasteiger partial charge is 0.343 e. The molecule has 1 fully saturated rings. The molecule has 0 N–H and O–H groups in total. The third kappa shape index (κ3) is 1.02. The summed E-state index contributed by atoms with van der Waals surface area (Å²) in [5.74, 6) is 0.0520. The Morgan fingerprint density at radius 2 is 2.15 bits per heavy atom. The number of allylic oxidation sites excluding steroid dienone is 2. The summed E-state index contributed by atoms with van der Waals surface area (Å²) in [6.07, 6.45) is 9.98. The summed E-state index contributed by atoms with van der Waals surface area (Å²) in [6, 6.07) is 0. The number of amides is 1. The van der Waals surface area contributed by atoms with Crippen molar-refractivity contribution in [2.24, 2.45) is 5.41 Å². The number of carbonyl (C=O) groups is 1. The summed E-state index contributed by atoms with van der Waals surface area (Å²) in [5.41, 5.74) is 0.441. The molecule has 1 spiro atoms. The molecule has 0 bridgehead atoms. The Morgan fingerprint density at radius 1 is 1.54 bits per heavy atom. The first-order valence-electron chi connectivity index (χ1n) is 4.31. The highest BCUT2D eigenvalue weighted by Crippen LogP contribution is 2.39. The van der Waals surface area contributed by atoms with Crippen LogP contribution in [0.5, 0.6) is 0 Å². The maximum atomic E-state index is 11.5. The van der Waals surface area contributed by atoms with Gasteiger partial charge in [0.15, 0.2) is 0 Å². The normalized spacial score (nSPS) is 24.2. The Hall–Kier alpha value is -1.44. The Bertz CT molecular complexity index is 313. The highest BCUT2D eigenvalue weighted by molar-refractivity contribution is 5.98. The van der Waals surface area contributed by atoms with Gasteiger partial charge in [0.1, 0.15) is 0 Å². The van der Waals surface area contributed by atoms with Crippen molar-refractivity contribution in [1.29, 1.82) is 0 Å². The molecule has 0 aromatic carbocycles. The molecule has 1 aliphatic carbocycles. The number of nitrogens with zero attached hydrogens (tertiary/aromatic N) is 1. The van der Waals surface area contributed by atoms with Gasteiger partial charge in [0.05, 0.1) is 0 Å². The highest BCUT2D eigenvalue weighted by Gasteiger charge is 2.37. The van der Waals surface area contributed by atoms with Crippen LogP contribution in [0.1, 0.15) is 0 Å². The molecule has 1 aliphatic heterocycles. The quantitative estimate of drug-likeness (QED) is 0.401. The minimum absolute atomic E-state index is 0.0520. The summed E-state index contributed by atoms with van der Waals surface area (Å²) in [4.78, 5) is 13.2. The first kappa shape index (κ1) is 8.17. The van der Waals surface area contributed by atoms with E-state index in [4.69, 9.17) is 0 Å². The topological polar surface area (TPSA) is 20.3 Å². The zero-order valence-electron chi connectivity index (χ0n) is 7.66. The number of likely N-dealkylation sites (N-methyl/N-ethyl adjacent to an activating group) is 1. The number of hydrogen-bond donors (Lipinski definition) is 0. The number of carbonyl (C=O) groups excluding carboxylic acids is 1. The van der Waals surface area contributed by atoms with E-state index in [9.17, 15) is 4.79 Å². The van der Waals surface area contributed by atoms with Crippen LogP contribution in [-0.2, 0) is 4.79 Å². The standard InChI is InChI=1S/C11H12NO/c1-9-10(13)12(2)8-11(9)6-4-3-5-7-11/h3-7H,1,8H2,2H3/q-1. The van der Waals surface area contributed by atoms with Gasteiger partial charge in [0.25, 0.3) is 0 Å². The smallest absolute Gasteiger partial charge is 0.248 e. The monoisotopic (exact) mass is 174 g/mol. The summed E-state index contributed by atoms with van der Waals surface area (Å²) >= 11 is 0. The van der Waals surface area contributed by atoms with Gasteiger partial charge in [-0.3, -0.25) is 4.79 Å². The van der Waals surface area contributed by atoms with E-state index >= 15 is 0 Å². The van der Waals surface area contributed by atoms with Crippen molar-refractivity contribution in [3.63, 3.8) is 0 Å². The van der Waals surface area contributed by atoms with Gasteiger partial charge in [-0.2, -0.15) is 30.7 Å². The van der Waals surface area contributed by atoms with Crippen LogP contribution in [-0.4, -0.2) is 24.4 Å². The first-order valence-corrected chi connectivity index (χ1v) is 4.31. The fourth-order valence-electron chi connectivity index (χ4n) is 1.87. The average molecular weight is 174 g/mol. The molecule has 0 saturated carbocycles. The van der Waals surface area contributed by atoms with Crippen molar-refractivity contribution in [3.05, 3.63) is 42.9 Å². The van der Waals surface area contributed by atoms with Gasteiger partial charge in [0.2, 0.25) is 5.91 Å². The first-order chi connectivity index (χ1) is 6.16. The zero-order valence-corrected chi connectivity index (χ0v) is 7.66. The van der Waals surface area contributed by atoms with Crippen LogP contribution in [0.2, 0.25) is 0 Å². The minimum Gasteiger partial charge on any atom is -0.343 e. The fourth-order valence-corrected chi connectivity index (χ4v) is 1.87. The van der Waals surface area contributed by atoms with Crippen molar-refractivity contribution in [3.8, 4) is 0 Å². The Morgan fingerprint density at radius 3 is 2.62 bits per heavy atom. The summed E-state index contributed by atoms with van der Waals surface area (Å²) in [6.45, 7) is 4.57. The molecule has 0 unspecified atom stereocenters. The van der Waals surface area contributed by atoms with E-state index in [1.165, 1.54) is 0 Å². The zero-order chi connectivity index (χ0) is 9.47. The fraction of sp³-hybridized carbons (Fsp3) is 0.273. The molecule has 1 saturated heterocycles. The lowest BCUT2D eigenvalue weighted by Crippen LogP contribution is -2.23. The van der Waals surface area contributed by atoms with E-state index < -0.39 is 0 Å². The van der Waals surface area contributed by atoms with Crippen molar-refractivity contribution in [2.75, 3.05) is 13.6 Å². The van der Waals surface area contributed by atoms with Gasteiger partial charge in [-0.15, -0.1) is 0 Å². The maximum absolute atomic E-state index is 11.5. The van der Waals surface area contributed by atoms with Crippen LogP contribution in [0.15, 0.2) is 36.5 Å². The highest BCUT2D eigenvalue weighted by atomic mass is 16.2. The van der Waals surface area contributed by atoms with Crippen LogP contribution in [0.4, 0.5) is 0 Å². The Balaban J connectivity index is 2.40. The molecule has 1 heterocycles. The minimum atomic E-state index is -0.236. The second-order valence-corrected chi connectivity index (χ2v) is 3.59. The second-order valence-electron chi connectivity index (χ2n) is 3.59. The van der Waals surface area contributed by atoms with Crippen LogP contribution in [0.25, 0.3) is 0 Å². The Kier molecular flexibility index (Phi) is 1.59. The third-order valence-corrected chi connectivity index (χ3v) is 2.67. The number of rotatable bonds is 0. The van der Waals surface area contributed by atoms with Crippen LogP contribution >= 0.6 is 0 Å². The lowest BCUT2D eigenvalue weighted by Gasteiger charge is -2.30. The van der Waals surface area contributed by atoms with Gasteiger partial charge in [-0.25, -0.2) is 0 Å². The van der Waals surface area contributed by atoms with Gasteiger partial charge in [-0.1, -0.05) is 6.58 Å². The molecule has 0 aromatic rings. The molecule has 0 aromatic heterocycles. The maximum Gasteiger partial charge on any atom is 0.248 e. The molecule has 2 nitrogen and oxygen atoms in total. The predicted molar refractivity (Wildman–Crippen MR) is 51.8 cm³/mol. The van der Waals surface area contributed by atoms with Gasteiger partial charge >= 0.3 is 0 Å². The van der Waals surface area contributed by atoms with Gasteiger partial charge in [-0.05, 0) is 5.41 Å².